The van der Waals surface area contributed by atoms with Crippen LogP contribution in [0.5, 0.6) is 0 Å². The van der Waals surface area contributed by atoms with Crippen LogP contribution in [0.15, 0.2) is 0 Å². The van der Waals surface area contributed by atoms with Gasteiger partial charge in [-0.1, -0.05) is 26.7 Å². The summed E-state index contributed by atoms with van der Waals surface area (Å²) in [7, 11) is 1.71. The Bertz CT molecular complexity index is 366. The summed E-state index contributed by atoms with van der Waals surface area (Å²) in [6.45, 7) is 4.25. The zero-order valence-corrected chi connectivity index (χ0v) is 12.2. The molecule has 2 aliphatic rings. The smallest absolute Gasteiger partial charge is 0.230 e. The van der Waals surface area contributed by atoms with Crippen LogP contribution in [0.2, 0.25) is 0 Å². The molecule has 1 heterocycles. The summed E-state index contributed by atoms with van der Waals surface area (Å²) >= 11 is 0. The maximum atomic E-state index is 12.3. The number of rotatable bonds is 3. The molecule has 0 radical (unpaired) electrons. The van der Waals surface area contributed by atoms with Gasteiger partial charge in [0, 0.05) is 24.9 Å². The summed E-state index contributed by atoms with van der Waals surface area (Å²) in [5, 5.41) is 2.52. The number of piperidine rings is 1. The van der Waals surface area contributed by atoms with Gasteiger partial charge in [0.1, 0.15) is 0 Å². The SMILES string of the molecule is COC1CCCCC12CC(=O)NC(=O)C2CC(C)C. The van der Waals surface area contributed by atoms with Crippen molar-refractivity contribution >= 4 is 11.8 Å². The fourth-order valence-electron chi connectivity index (χ4n) is 3.95. The van der Waals surface area contributed by atoms with E-state index in [1.54, 1.807) is 7.11 Å². The minimum atomic E-state index is -0.267. The number of imide groups is 1. The lowest BCUT2D eigenvalue weighted by atomic mass is 9.58. The zero-order chi connectivity index (χ0) is 14.0. The van der Waals surface area contributed by atoms with Crippen LogP contribution in [0.3, 0.4) is 0 Å². The van der Waals surface area contributed by atoms with Crippen molar-refractivity contribution in [1.29, 1.82) is 0 Å². The molecule has 2 amide bonds. The van der Waals surface area contributed by atoms with E-state index >= 15 is 0 Å². The predicted octanol–water partition coefficient (Wildman–Crippen LogP) is 2.27. The quantitative estimate of drug-likeness (QED) is 0.798. The molecule has 4 heteroatoms. The number of carbonyl (C=O) groups excluding carboxylic acids is 2. The normalized spacial score (nSPS) is 35.8. The Morgan fingerprint density at radius 3 is 2.74 bits per heavy atom. The molecule has 108 valence electrons. The van der Waals surface area contributed by atoms with Crippen LogP contribution in [0, 0.1) is 17.3 Å². The standard InChI is InChI=1S/C15H25NO3/c1-10(2)8-11-14(18)16-13(17)9-15(11)7-5-4-6-12(15)19-3/h10-12H,4-9H2,1-3H3,(H,16,17,18). The number of hydrogen-bond acceptors (Lipinski definition) is 3. The first-order valence-electron chi connectivity index (χ1n) is 7.36. The summed E-state index contributed by atoms with van der Waals surface area (Å²) < 4.78 is 5.66. The Morgan fingerprint density at radius 2 is 2.11 bits per heavy atom. The third-order valence-corrected chi connectivity index (χ3v) is 4.75. The van der Waals surface area contributed by atoms with Crippen molar-refractivity contribution in [3.63, 3.8) is 0 Å². The highest BCUT2D eigenvalue weighted by molar-refractivity contribution is 5.99. The van der Waals surface area contributed by atoms with Crippen LogP contribution in [-0.4, -0.2) is 25.0 Å². The summed E-state index contributed by atoms with van der Waals surface area (Å²) in [5.74, 6) is 0.138. The van der Waals surface area contributed by atoms with Crippen LogP contribution in [-0.2, 0) is 14.3 Å². The second kappa shape index (κ2) is 5.61. The van der Waals surface area contributed by atoms with Crippen molar-refractivity contribution in [2.75, 3.05) is 7.11 Å². The van der Waals surface area contributed by atoms with Gasteiger partial charge in [0.15, 0.2) is 0 Å². The first-order chi connectivity index (χ1) is 8.99. The van der Waals surface area contributed by atoms with Crippen LogP contribution < -0.4 is 5.32 Å². The van der Waals surface area contributed by atoms with Crippen molar-refractivity contribution in [2.45, 2.75) is 58.5 Å². The van der Waals surface area contributed by atoms with Gasteiger partial charge in [-0.25, -0.2) is 0 Å². The molecule has 4 nitrogen and oxygen atoms in total. The Morgan fingerprint density at radius 1 is 1.37 bits per heavy atom. The molecule has 0 aromatic rings. The topological polar surface area (TPSA) is 55.4 Å². The van der Waals surface area contributed by atoms with E-state index in [1.807, 2.05) is 0 Å². The van der Waals surface area contributed by atoms with Crippen LogP contribution in [0.1, 0.15) is 52.4 Å². The van der Waals surface area contributed by atoms with Gasteiger partial charge in [-0.05, 0) is 25.2 Å². The lowest BCUT2D eigenvalue weighted by Crippen LogP contribution is -2.58. The zero-order valence-electron chi connectivity index (χ0n) is 12.2. The van der Waals surface area contributed by atoms with Crippen LogP contribution in [0.4, 0.5) is 0 Å². The molecule has 3 unspecified atom stereocenters. The van der Waals surface area contributed by atoms with Crippen LogP contribution in [0.25, 0.3) is 0 Å². The van der Waals surface area contributed by atoms with Crippen molar-refractivity contribution in [2.24, 2.45) is 17.3 Å². The van der Waals surface area contributed by atoms with E-state index in [9.17, 15) is 9.59 Å². The molecule has 1 spiro atoms. The number of nitrogens with one attached hydrogen (secondary N) is 1. The molecule has 19 heavy (non-hydrogen) atoms. The van der Waals surface area contributed by atoms with Gasteiger partial charge < -0.3 is 4.74 Å². The van der Waals surface area contributed by atoms with Gasteiger partial charge in [-0.3, -0.25) is 14.9 Å². The van der Waals surface area contributed by atoms with E-state index < -0.39 is 0 Å². The molecule has 1 aliphatic carbocycles. The van der Waals surface area contributed by atoms with E-state index in [0.717, 1.165) is 32.1 Å². The maximum Gasteiger partial charge on any atom is 0.230 e. The Labute approximate surface area is 115 Å². The molecular weight excluding hydrogens is 242 g/mol. The van der Waals surface area contributed by atoms with Gasteiger partial charge >= 0.3 is 0 Å². The largest absolute Gasteiger partial charge is 0.381 e. The van der Waals surface area contributed by atoms with Crippen molar-refractivity contribution in [1.82, 2.24) is 5.32 Å². The van der Waals surface area contributed by atoms with Crippen LogP contribution >= 0.6 is 0 Å². The first-order valence-corrected chi connectivity index (χ1v) is 7.36. The molecule has 1 aliphatic heterocycles. The highest BCUT2D eigenvalue weighted by Gasteiger charge is 2.53. The third kappa shape index (κ3) is 2.69. The molecule has 1 N–H and O–H groups in total. The van der Waals surface area contributed by atoms with E-state index in [1.165, 1.54) is 0 Å². The van der Waals surface area contributed by atoms with E-state index in [-0.39, 0.29) is 29.3 Å². The number of carbonyl (C=O) groups is 2. The summed E-state index contributed by atoms with van der Waals surface area (Å²) in [6.07, 6.45) is 5.43. The molecule has 0 aromatic carbocycles. The average molecular weight is 267 g/mol. The number of ether oxygens (including phenoxy) is 1. The van der Waals surface area contributed by atoms with E-state index in [2.05, 4.69) is 19.2 Å². The predicted molar refractivity (Wildman–Crippen MR) is 72.4 cm³/mol. The van der Waals surface area contributed by atoms with Crippen molar-refractivity contribution in [3.05, 3.63) is 0 Å². The monoisotopic (exact) mass is 267 g/mol. The summed E-state index contributed by atoms with van der Waals surface area (Å²) in [4.78, 5) is 24.1. The summed E-state index contributed by atoms with van der Waals surface area (Å²) in [6, 6.07) is 0. The highest BCUT2D eigenvalue weighted by Crippen LogP contribution is 2.50. The molecule has 1 saturated heterocycles. The van der Waals surface area contributed by atoms with Crippen molar-refractivity contribution < 1.29 is 14.3 Å². The summed E-state index contributed by atoms with van der Waals surface area (Å²) in [5.41, 5.74) is -0.267. The minimum absolute atomic E-state index is 0.0417. The van der Waals surface area contributed by atoms with Crippen molar-refractivity contribution in [3.8, 4) is 0 Å². The highest BCUT2D eigenvalue weighted by atomic mass is 16.5. The number of methoxy groups -OCH3 is 1. The van der Waals surface area contributed by atoms with Gasteiger partial charge in [0.05, 0.1) is 6.10 Å². The van der Waals surface area contributed by atoms with Gasteiger partial charge in [0.25, 0.3) is 0 Å². The Kier molecular flexibility index (Phi) is 4.29. The minimum Gasteiger partial charge on any atom is -0.381 e. The molecular formula is C15H25NO3. The van der Waals surface area contributed by atoms with Gasteiger partial charge in [-0.15, -0.1) is 0 Å². The molecule has 0 bridgehead atoms. The second-order valence-electron chi connectivity index (χ2n) is 6.47. The molecule has 0 aromatic heterocycles. The van der Waals surface area contributed by atoms with E-state index in [4.69, 9.17) is 4.74 Å². The average Bonchev–Trinajstić information content (AvgIpc) is 2.34. The second-order valence-corrected chi connectivity index (χ2v) is 6.47. The Balaban J connectivity index is 2.33. The first kappa shape index (κ1) is 14.5. The number of hydrogen-bond donors (Lipinski definition) is 1. The molecule has 2 rings (SSSR count). The molecule has 1 saturated carbocycles. The lowest BCUT2D eigenvalue weighted by molar-refractivity contribution is -0.158. The number of amides is 2. The lowest BCUT2D eigenvalue weighted by Gasteiger charge is -2.50. The fraction of sp³-hybridized carbons (Fsp3) is 0.867. The van der Waals surface area contributed by atoms with Gasteiger partial charge in [-0.2, -0.15) is 0 Å². The fourth-order valence-corrected chi connectivity index (χ4v) is 3.95. The van der Waals surface area contributed by atoms with Gasteiger partial charge in [0.2, 0.25) is 11.8 Å². The van der Waals surface area contributed by atoms with E-state index in [0.29, 0.717) is 12.3 Å². The molecule has 3 atom stereocenters. The molecule has 2 fully saturated rings. The Hall–Kier alpha value is -0.900. The third-order valence-electron chi connectivity index (χ3n) is 4.75. The maximum absolute atomic E-state index is 12.3.